The van der Waals surface area contributed by atoms with Gasteiger partial charge in [0.25, 0.3) is 0 Å². The van der Waals surface area contributed by atoms with Gasteiger partial charge in [-0.3, -0.25) is 0 Å². The Kier molecular flexibility index (Phi) is 4.27. The molecule has 0 aliphatic carbocycles. The smallest absolute Gasteiger partial charge is 0.157 e. The number of ether oxygens (including phenoxy) is 1. The van der Waals surface area contributed by atoms with Gasteiger partial charge in [0.05, 0.1) is 13.2 Å². The van der Waals surface area contributed by atoms with Crippen molar-refractivity contribution in [1.29, 1.82) is 0 Å². The van der Waals surface area contributed by atoms with Gasteiger partial charge in [-0.2, -0.15) is 0 Å². The lowest BCUT2D eigenvalue weighted by atomic mass is 9.87. The topological polar surface area (TPSA) is 61.7 Å². The minimum Gasteiger partial charge on any atom is -0.504 e. The number of aromatic hydroxyl groups is 2. The Morgan fingerprint density at radius 2 is 1.65 bits per heavy atom. The summed E-state index contributed by atoms with van der Waals surface area (Å²) in [5, 5.41) is 23.3. The highest BCUT2D eigenvalue weighted by Crippen LogP contribution is 2.40. The molecule has 3 aromatic rings. The number of rotatable bonds is 3. The minimum absolute atomic E-state index is 0.0746. The lowest BCUT2D eigenvalue weighted by Crippen LogP contribution is -2.30. The summed E-state index contributed by atoms with van der Waals surface area (Å²) in [6, 6.07) is 19.6. The van der Waals surface area contributed by atoms with E-state index in [1.54, 1.807) is 19.2 Å². The van der Waals surface area contributed by atoms with Gasteiger partial charge < -0.3 is 20.3 Å². The molecule has 4 heteroatoms. The molecule has 26 heavy (non-hydrogen) atoms. The van der Waals surface area contributed by atoms with Gasteiger partial charge in [0.15, 0.2) is 11.5 Å². The van der Waals surface area contributed by atoms with Gasteiger partial charge in [0, 0.05) is 12.1 Å². The number of phenols is 2. The first-order valence-corrected chi connectivity index (χ1v) is 8.69. The van der Waals surface area contributed by atoms with Crippen molar-refractivity contribution >= 4 is 0 Å². The second-order valence-corrected chi connectivity index (χ2v) is 6.50. The number of benzene rings is 3. The third kappa shape index (κ3) is 2.89. The van der Waals surface area contributed by atoms with E-state index in [0.717, 1.165) is 46.5 Å². The molecule has 1 heterocycles. The van der Waals surface area contributed by atoms with Crippen molar-refractivity contribution in [3.8, 4) is 28.4 Å². The Balaban J connectivity index is 1.85. The highest BCUT2D eigenvalue weighted by atomic mass is 16.5. The number of methoxy groups -OCH3 is 1. The molecule has 4 rings (SSSR count). The Hall–Kier alpha value is -2.98. The standard InChI is InChI=1S/C22H21NO3/c1-26-21-8-7-15(14-5-3-2-4-6-14)11-18(21)22-17-13-20(25)19(24)12-16(17)9-10-23-22/h2-8,11-13,22-25H,9-10H2,1H3. The Morgan fingerprint density at radius 1 is 0.885 bits per heavy atom. The van der Waals surface area contributed by atoms with Gasteiger partial charge in [-0.1, -0.05) is 36.4 Å². The van der Waals surface area contributed by atoms with E-state index >= 15 is 0 Å². The zero-order valence-electron chi connectivity index (χ0n) is 14.6. The zero-order valence-corrected chi connectivity index (χ0v) is 14.6. The van der Waals surface area contributed by atoms with Gasteiger partial charge in [-0.15, -0.1) is 0 Å². The van der Waals surface area contributed by atoms with Gasteiger partial charge >= 0.3 is 0 Å². The molecule has 0 bridgehead atoms. The quantitative estimate of drug-likeness (QED) is 0.627. The molecule has 3 aromatic carbocycles. The van der Waals surface area contributed by atoms with Crippen LogP contribution in [0.4, 0.5) is 0 Å². The van der Waals surface area contributed by atoms with E-state index in [9.17, 15) is 10.2 Å². The summed E-state index contributed by atoms with van der Waals surface area (Å²) in [5.74, 6) is 0.618. The number of hydrogen-bond donors (Lipinski definition) is 3. The summed E-state index contributed by atoms with van der Waals surface area (Å²) in [5.41, 5.74) is 5.27. The van der Waals surface area contributed by atoms with E-state index in [0.29, 0.717) is 0 Å². The molecule has 4 nitrogen and oxygen atoms in total. The molecular weight excluding hydrogens is 326 g/mol. The van der Waals surface area contributed by atoms with Crippen LogP contribution in [0.15, 0.2) is 60.7 Å². The summed E-state index contributed by atoms with van der Waals surface area (Å²) < 4.78 is 5.61. The maximum absolute atomic E-state index is 9.99. The second-order valence-electron chi connectivity index (χ2n) is 6.50. The van der Waals surface area contributed by atoms with Crippen LogP contribution in [0.25, 0.3) is 11.1 Å². The monoisotopic (exact) mass is 347 g/mol. The number of fused-ring (bicyclic) bond motifs is 1. The molecule has 132 valence electrons. The molecular formula is C22H21NO3. The van der Waals surface area contributed by atoms with Crippen LogP contribution < -0.4 is 10.1 Å². The molecule has 0 aromatic heterocycles. The first-order chi connectivity index (χ1) is 12.7. The molecule has 0 saturated carbocycles. The molecule has 1 aliphatic rings. The van der Waals surface area contributed by atoms with Crippen molar-refractivity contribution < 1.29 is 14.9 Å². The van der Waals surface area contributed by atoms with Crippen LogP contribution in [0.5, 0.6) is 17.2 Å². The molecule has 0 saturated heterocycles. The summed E-state index contributed by atoms with van der Waals surface area (Å²) in [4.78, 5) is 0. The van der Waals surface area contributed by atoms with Crippen LogP contribution in [0.2, 0.25) is 0 Å². The van der Waals surface area contributed by atoms with E-state index in [1.807, 2.05) is 24.3 Å². The fraction of sp³-hybridized carbons (Fsp3) is 0.182. The van der Waals surface area contributed by atoms with Gasteiger partial charge in [0.2, 0.25) is 0 Å². The molecule has 3 N–H and O–H groups in total. The molecule has 1 unspecified atom stereocenters. The van der Waals surface area contributed by atoms with Crippen LogP contribution in [-0.2, 0) is 6.42 Å². The lowest BCUT2D eigenvalue weighted by Gasteiger charge is -2.29. The van der Waals surface area contributed by atoms with Crippen molar-refractivity contribution in [2.45, 2.75) is 12.5 Å². The number of nitrogens with one attached hydrogen (secondary N) is 1. The van der Waals surface area contributed by atoms with E-state index in [1.165, 1.54) is 0 Å². The van der Waals surface area contributed by atoms with Crippen LogP contribution in [-0.4, -0.2) is 23.9 Å². The summed E-state index contributed by atoms with van der Waals surface area (Å²) in [7, 11) is 1.67. The molecule has 0 amide bonds. The molecule has 0 radical (unpaired) electrons. The SMILES string of the molecule is COc1ccc(-c2ccccc2)cc1C1NCCc2cc(O)c(O)cc21. The van der Waals surface area contributed by atoms with Crippen molar-refractivity contribution in [1.82, 2.24) is 5.32 Å². The molecule has 0 spiro atoms. The first-order valence-electron chi connectivity index (χ1n) is 8.69. The predicted octanol–water partition coefficient (Wildman–Crippen LogP) is 4.01. The zero-order chi connectivity index (χ0) is 18.1. The molecule has 0 fully saturated rings. The van der Waals surface area contributed by atoms with Crippen LogP contribution in [0.1, 0.15) is 22.7 Å². The Morgan fingerprint density at radius 3 is 2.42 bits per heavy atom. The number of phenolic OH excluding ortho intramolecular Hbond substituents is 2. The van der Waals surface area contributed by atoms with Crippen molar-refractivity contribution in [2.75, 3.05) is 13.7 Å². The molecule has 1 atom stereocenters. The van der Waals surface area contributed by atoms with Crippen molar-refractivity contribution in [3.63, 3.8) is 0 Å². The van der Waals surface area contributed by atoms with Gasteiger partial charge in [0.1, 0.15) is 5.75 Å². The summed E-state index contributed by atoms with van der Waals surface area (Å²) in [6.07, 6.45) is 0.806. The fourth-order valence-electron chi connectivity index (χ4n) is 3.63. The van der Waals surface area contributed by atoms with Gasteiger partial charge in [-0.05, 0) is 52.9 Å². The van der Waals surface area contributed by atoms with Crippen LogP contribution >= 0.6 is 0 Å². The highest BCUT2D eigenvalue weighted by molar-refractivity contribution is 5.67. The Labute approximate surface area is 152 Å². The Bertz CT molecular complexity index is 938. The normalized spacial score (nSPS) is 16.1. The highest BCUT2D eigenvalue weighted by Gasteiger charge is 2.26. The van der Waals surface area contributed by atoms with E-state index in [4.69, 9.17) is 4.74 Å². The van der Waals surface area contributed by atoms with Crippen LogP contribution in [0, 0.1) is 0 Å². The maximum Gasteiger partial charge on any atom is 0.157 e. The average molecular weight is 347 g/mol. The van der Waals surface area contributed by atoms with Crippen molar-refractivity contribution in [3.05, 3.63) is 77.4 Å². The largest absolute Gasteiger partial charge is 0.504 e. The third-order valence-electron chi connectivity index (χ3n) is 4.94. The minimum atomic E-state index is -0.108. The van der Waals surface area contributed by atoms with E-state index in [-0.39, 0.29) is 17.5 Å². The average Bonchev–Trinajstić information content (AvgIpc) is 2.68. The lowest BCUT2D eigenvalue weighted by molar-refractivity contribution is 0.395. The predicted molar refractivity (Wildman–Crippen MR) is 102 cm³/mol. The van der Waals surface area contributed by atoms with E-state index in [2.05, 4.69) is 29.6 Å². The van der Waals surface area contributed by atoms with Crippen molar-refractivity contribution in [2.24, 2.45) is 0 Å². The number of hydrogen-bond acceptors (Lipinski definition) is 4. The summed E-state index contributed by atoms with van der Waals surface area (Å²) in [6.45, 7) is 0.792. The summed E-state index contributed by atoms with van der Waals surface area (Å²) >= 11 is 0. The van der Waals surface area contributed by atoms with E-state index < -0.39 is 0 Å². The maximum atomic E-state index is 9.99. The molecule has 1 aliphatic heterocycles. The fourth-order valence-corrected chi connectivity index (χ4v) is 3.63. The van der Waals surface area contributed by atoms with Gasteiger partial charge in [-0.25, -0.2) is 0 Å². The second kappa shape index (κ2) is 6.73. The third-order valence-corrected chi connectivity index (χ3v) is 4.94. The first kappa shape index (κ1) is 16.5. The van der Waals surface area contributed by atoms with Crippen LogP contribution in [0.3, 0.4) is 0 Å².